The number of ketones is 2. The molecule has 0 unspecified atom stereocenters. The predicted molar refractivity (Wildman–Crippen MR) is 96.2 cm³/mol. The second-order valence-electron chi connectivity index (χ2n) is 7.24. The minimum atomic E-state index is -1.42. The Hall–Kier alpha value is -2.75. The summed E-state index contributed by atoms with van der Waals surface area (Å²) >= 11 is 0. The van der Waals surface area contributed by atoms with Crippen LogP contribution in [0.3, 0.4) is 0 Å². The summed E-state index contributed by atoms with van der Waals surface area (Å²) in [6.45, 7) is 5.21. The summed E-state index contributed by atoms with van der Waals surface area (Å²) in [5, 5.41) is 0. The number of Topliss-reactive ketones (excluding diaryl/α,β-unsaturated/α-hetero) is 2. The van der Waals surface area contributed by atoms with Gasteiger partial charge in [0.15, 0.2) is 5.78 Å². The fourth-order valence-corrected chi connectivity index (χ4v) is 4.90. The van der Waals surface area contributed by atoms with Crippen molar-refractivity contribution in [2.45, 2.75) is 33.1 Å². The van der Waals surface area contributed by atoms with Crippen molar-refractivity contribution < 1.29 is 19.1 Å². The molecule has 0 spiro atoms. The van der Waals surface area contributed by atoms with Crippen LogP contribution in [0.5, 0.6) is 5.75 Å². The Morgan fingerprint density at radius 2 is 1.73 bits per heavy atom. The number of hydrogen-bond acceptors (Lipinski definition) is 4. The first-order valence-corrected chi connectivity index (χ1v) is 8.85. The lowest BCUT2D eigenvalue weighted by Crippen LogP contribution is -2.38. The van der Waals surface area contributed by atoms with Crippen molar-refractivity contribution in [3.05, 3.63) is 65.2 Å². The molecule has 2 aromatic carbocycles. The first-order valence-electron chi connectivity index (χ1n) is 8.85. The van der Waals surface area contributed by atoms with Crippen LogP contribution in [0.25, 0.3) is 0 Å². The van der Waals surface area contributed by atoms with Crippen LogP contribution in [0.2, 0.25) is 0 Å². The van der Waals surface area contributed by atoms with Gasteiger partial charge in [-0.05, 0) is 26.3 Å². The Morgan fingerprint density at radius 1 is 1.08 bits per heavy atom. The van der Waals surface area contributed by atoms with E-state index in [1.54, 1.807) is 24.3 Å². The highest BCUT2D eigenvalue weighted by Gasteiger charge is 2.87. The normalized spacial score (nSPS) is 28.6. The van der Waals surface area contributed by atoms with E-state index in [1.807, 2.05) is 38.1 Å². The topological polar surface area (TPSA) is 60.4 Å². The summed E-state index contributed by atoms with van der Waals surface area (Å²) < 4.78 is 5.50. The van der Waals surface area contributed by atoms with E-state index in [9.17, 15) is 14.4 Å². The minimum absolute atomic E-state index is 0.158. The van der Waals surface area contributed by atoms with Crippen LogP contribution in [0.15, 0.2) is 48.5 Å². The first kappa shape index (κ1) is 16.7. The Morgan fingerprint density at radius 3 is 2.35 bits per heavy atom. The van der Waals surface area contributed by atoms with Crippen molar-refractivity contribution in [1.29, 1.82) is 0 Å². The lowest BCUT2D eigenvalue weighted by Gasteiger charge is -2.22. The fourth-order valence-electron chi connectivity index (χ4n) is 4.90. The summed E-state index contributed by atoms with van der Waals surface area (Å²) in [6, 6.07) is 14.5. The van der Waals surface area contributed by atoms with Crippen molar-refractivity contribution in [3.8, 4) is 5.75 Å². The largest absolute Gasteiger partial charge is 0.425 e. The Bertz CT molecular complexity index is 943. The average molecular weight is 348 g/mol. The van der Waals surface area contributed by atoms with Gasteiger partial charge in [-0.2, -0.15) is 0 Å². The number of hydrogen-bond donors (Lipinski definition) is 0. The molecule has 132 valence electrons. The number of carbonyl (C=O) groups is 3. The summed E-state index contributed by atoms with van der Waals surface area (Å²) in [6.07, 6.45) is 0.396. The van der Waals surface area contributed by atoms with Gasteiger partial charge in [0, 0.05) is 17.0 Å². The molecule has 1 fully saturated rings. The number of carbonyl (C=O) groups excluding carboxylic acids is 3. The molecule has 2 aromatic rings. The van der Waals surface area contributed by atoms with Gasteiger partial charge < -0.3 is 4.74 Å². The van der Waals surface area contributed by atoms with Crippen LogP contribution in [0.1, 0.15) is 47.7 Å². The zero-order chi connectivity index (χ0) is 18.7. The number of aryl methyl sites for hydroxylation is 1. The van der Waals surface area contributed by atoms with Gasteiger partial charge in [0.1, 0.15) is 16.9 Å². The molecule has 1 aliphatic carbocycles. The third-order valence-electron chi connectivity index (χ3n) is 6.13. The summed E-state index contributed by atoms with van der Waals surface area (Å²) in [5.41, 5.74) is -0.163. The van der Waals surface area contributed by atoms with E-state index in [2.05, 4.69) is 0 Å². The molecule has 26 heavy (non-hydrogen) atoms. The quantitative estimate of drug-likeness (QED) is 0.364. The zero-order valence-electron chi connectivity index (χ0n) is 15.0. The third-order valence-corrected chi connectivity index (χ3v) is 6.13. The van der Waals surface area contributed by atoms with Crippen molar-refractivity contribution in [2.75, 3.05) is 0 Å². The summed E-state index contributed by atoms with van der Waals surface area (Å²) in [4.78, 5) is 39.2. The molecule has 1 saturated carbocycles. The molecule has 0 amide bonds. The van der Waals surface area contributed by atoms with E-state index in [4.69, 9.17) is 4.74 Å². The highest BCUT2D eigenvalue weighted by Crippen LogP contribution is 2.80. The van der Waals surface area contributed by atoms with E-state index >= 15 is 0 Å². The summed E-state index contributed by atoms with van der Waals surface area (Å²) in [7, 11) is 0. The van der Waals surface area contributed by atoms with Crippen LogP contribution in [0, 0.1) is 17.8 Å². The van der Waals surface area contributed by atoms with Gasteiger partial charge in [0.05, 0.1) is 5.41 Å². The van der Waals surface area contributed by atoms with Gasteiger partial charge in [-0.15, -0.1) is 0 Å². The maximum atomic E-state index is 13.5. The SMILES string of the molecule is CC[C@@]1(C(=O)c2ccc(C)cc2)[C@H]2c3ccccc3OC(=O)[C@]21C(C)=O. The number of para-hydroxylation sites is 1. The molecule has 2 aliphatic rings. The molecule has 0 saturated heterocycles. The molecule has 1 heterocycles. The maximum absolute atomic E-state index is 13.5. The van der Waals surface area contributed by atoms with E-state index in [-0.39, 0.29) is 11.6 Å². The first-order chi connectivity index (χ1) is 12.4. The maximum Gasteiger partial charge on any atom is 0.326 e. The number of rotatable bonds is 4. The molecule has 4 heteroatoms. The van der Waals surface area contributed by atoms with Crippen LogP contribution in [-0.4, -0.2) is 17.5 Å². The zero-order valence-corrected chi connectivity index (χ0v) is 15.0. The molecule has 0 bridgehead atoms. The molecule has 0 N–H and O–H groups in total. The van der Waals surface area contributed by atoms with Gasteiger partial charge in [-0.1, -0.05) is 55.0 Å². The number of ether oxygens (including phenoxy) is 1. The van der Waals surface area contributed by atoms with E-state index in [1.165, 1.54) is 6.92 Å². The van der Waals surface area contributed by atoms with Crippen LogP contribution in [0.4, 0.5) is 0 Å². The number of esters is 1. The second kappa shape index (κ2) is 5.37. The monoisotopic (exact) mass is 348 g/mol. The molecule has 0 aromatic heterocycles. The number of benzene rings is 2. The van der Waals surface area contributed by atoms with Crippen LogP contribution >= 0.6 is 0 Å². The molecule has 1 aliphatic heterocycles. The van der Waals surface area contributed by atoms with E-state index in [0.717, 1.165) is 11.1 Å². The van der Waals surface area contributed by atoms with Crippen LogP contribution in [-0.2, 0) is 9.59 Å². The lowest BCUT2D eigenvalue weighted by atomic mass is 9.81. The molecular formula is C22H20O4. The third kappa shape index (κ3) is 1.77. The second-order valence-corrected chi connectivity index (χ2v) is 7.24. The van der Waals surface area contributed by atoms with Crippen molar-refractivity contribution in [3.63, 3.8) is 0 Å². The Balaban J connectivity index is 1.93. The van der Waals surface area contributed by atoms with Gasteiger partial charge in [-0.25, -0.2) is 0 Å². The highest BCUT2D eigenvalue weighted by atomic mass is 16.5. The standard InChI is InChI=1S/C22H20O4/c1-4-21(19(24)15-11-9-13(2)10-12-15)18-16-7-5-6-8-17(16)26-20(25)22(18,21)14(3)23/h5-12,18H,4H2,1-3H3/t18-,21+,22+/m1/s1. The number of fused-ring (bicyclic) bond motifs is 3. The molecular weight excluding hydrogens is 328 g/mol. The highest BCUT2D eigenvalue weighted by molar-refractivity contribution is 6.21. The van der Waals surface area contributed by atoms with Gasteiger partial charge in [0.25, 0.3) is 0 Å². The fraction of sp³-hybridized carbons (Fsp3) is 0.318. The summed E-state index contributed by atoms with van der Waals surface area (Å²) in [5.74, 6) is -1.08. The molecule has 4 nitrogen and oxygen atoms in total. The van der Waals surface area contributed by atoms with Crippen molar-refractivity contribution >= 4 is 17.5 Å². The Labute approximate surface area is 152 Å². The van der Waals surface area contributed by atoms with Gasteiger partial charge in [-0.3, -0.25) is 14.4 Å². The van der Waals surface area contributed by atoms with Crippen LogP contribution < -0.4 is 4.74 Å². The van der Waals surface area contributed by atoms with Crippen molar-refractivity contribution in [1.82, 2.24) is 0 Å². The van der Waals surface area contributed by atoms with E-state index in [0.29, 0.717) is 17.7 Å². The predicted octanol–water partition coefficient (Wildman–Crippen LogP) is 3.87. The van der Waals surface area contributed by atoms with Crippen molar-refractivity contribution in [2.24, 2.45) is 10.8 Å². The minimum Gasteiger partial charge on any atom is -0.425 e. The Kier molecular flexibility index (Phi) is 3.45. The van der Waals surface area contributed by atoms with Gasteiger partial charge >= 0.3 is 5.97 Å². The lowest BCUT2D eigenvalue weighted by molar-refractivity contribution is -0.148. The molecule has 0 radical (unpaired) electrons. The van der Waals surface area contributed by atoms with Gasteiger partial charge in [0.2, 0.25) is 0 Å². The van der Waals surface area contributed by atoms with E-state index < -0.39 is 22.7 Å². The average Bonchev–Trinajstić information content (AvgIpc) is 3.29. The molecule has 4 rings (SSSR count). The molecule has 3 atom stereocenters. The smallest absolute Gasteiger partial charge is 0.326 e.